The van der Waals surface area contributed by atoms with Crippen molar-refractivity contribution in [3.63, 3.8) is 0 Å². The van der Waals surface area contributed by atoms with Crippen molar-refractivity contribution in [1.82, 2.24) is 10.6 Å². The fourth-order valence-corrected chi connectivity index (χ4v) is 3.41. The molecule has 2 rings (SSSR count). The topological polar surface area (TPSA) is 85.9 Å². The van der Waals surface area contributed by atoms with Crippen molar-refractivity contribution in [3.05, 3.63) is 33.4 Å². The predicted molar refractivity (Wildman–Crippen MR) is 109 cm³/mol. The van der Waals surface area contributed by atoms with Crippen LogP contribution < -0.4 is 20.1 Å². The van der Waals surface area contributed by atoms with Gasteiger partial charge < -0.3 is 24.8 Å². The van der Waals surface area contributed by atoms with Crippen molar-refractivity contribution in [2.24, 2.45) is 5.92 Å². The number of allylic oxidation sites excluding steroid dienone is 1. The fourth-order valence-electron chi connectivity index (χ4n) is 2.84. The fraction of sp³-hybridized carbons (Fsp3) is 0.500. The summed E-state index contributed by atoms with van der Waals surface area (Å²) in [6.45, 7) is 10.6. The third kappa shape index (κ3) is 5.19. The lowest BCUT2D eigenvalue weighted by atomic mass is 9.95. The molecule has 1 atom stereocenters. The quantitative estimate of drug-likeness (QED) is 0.578. The van der Waals surface area contributed by atoms with Crippen molar-refractivity contribution in [1.29, 1.82) is 0 Å². The van der Waals surface area contributed by atoms with E-state index in [1.54, 1.807) is 13.0 Å². The molecular formula is C20H27BrN2O5. The van der Waals surface area contributed by atoms with E-state index in [1.807, 2.05) is 33.8 Å². The summed E-state index contributed by atoms with van der Waals surface area (Å²) in [4.78, 5) is 24.8. The van der Waals surface area contributed by atoms with Crippen LogP contribution in [-0.2, 0) is 9.53 Å². The number of ether oxygens (including phenoxy) is 3. The van der Waals surface area contributed by atoms with Crippen LogP contribution in [-0.4, -0.2) is 31.8 Å². The minimum atomic E-state index is -0.667. The molecule has 7 nitrogen and oxygen atoms in total. The Morgan fingerprint density at radius 1 is 1.21 bits per heavy atom. The first kappa shape index (κ1) is 22.1. The highest BCUT2D eigenvalue weighted by molar-refractivity contribution is 9.10. The van der Waals surface area contributed by atoms with Gasteiger partial charge >= 0.3 is 12.0 Å². The largest absolute Gasteiger partial charge is 0.490 e. The summed E-state index contributed by atoms with van der Waals surface area (Å²) >= 11 is 3.51. The van der Waals surface area contributed by atoms with Crippen LogP contribution in [0, 0.1) is 5.92 Å². The number of benzene rings is 1. The number of carbonyl (C=O) groups is 2. The number of esters is 1. The van der Waals surface area contributed by atoms with Gasteiger partial charge in [-0.1, -0.05) is 13.8 Å². The molecule has 1 aliphatic rings. The van der Waals surface area contributed by atoms with E-state index >= 15 is 0 Å². The zero-order valence-corrected chi connectivity index (χ0v) is 18.4. The number of carbonyl (C=O) groups excluding carboxylic acids is 2. The summed E-state index contributed by atoms with van der Waals surface area (Å²) in [6, 6.07) is 2.54. The lowest BCUT2D eigenvalue weighted by molar-refractivity contribution is -0.140. The molecule has 2 amide bonds. The maximum atomic E-state index is 12.7. The van der Waals surface area contributed by atoms with E-state index in [1.165, 1.54) is 0 Å². The van der Waals surface area contributed by atoms with Crippen molar-refractivity contribution in [2.45, 2.75) is 40.7 Å². The van der Waals surface area contributed by atoms with Crippen LogP contribution in [0.5, 0.6) is 11.5 Å². The normalized spacial score (nSPS) is 16.5. The second kappa shape index (κ2) is 9.82. The molecule has 0 aliphatic carbocycles. The average Bonchev–Trinajstić information content (AvgIpc) is 2.61. The molecule has 2 N–H and O–H groups in total. The van der Waals surface area contributed by atoms with Crippen LogP contribution in [0.15, 0.2) is 27.9 Å². The van der Waals surface area contributed by atoms with Gasteiger partial charge in [0.25, 0.3) is 0 Å². The zero-order chi connectivity index (χ0) is 20.8. The molecule has 154 valence electrons. The molecule has 1 heterocycles. The standard InChI is InChI=1S/C20H27BrN2O5/c1-6-26-15-9-13(8-14(21)18(15)27-7-2)17-16(12(5)22-20(25)23-17)19(24)28-10-11(3)4/h8-9,11,17H,6-7,10H2,1-5H3,(H2,22,23,25). The maximum Gasteiger partial charge on any atom is 0.338 e. The van der Waals surface area contributed by atoms with Gasteiger partial charge in [0.1, 0.15) is 0 Å². The van der Waals surface area contributed by atoms with Crippen LogP contribution in [0.4, 0.5) is 4.79 Å². The van der Waals surface area contributed by atoms with Crippen molar-refractivity contribution in [2.75, 3.05) is 19.8 Å². The minimum Gasteiger partial charge on any atom is -0.490 e. The first-order valence-electron chi connectivity index (χ1n) is 9.32. The van der Waals surface area contributed by atoms with Gasteiger partial charge in [-0.3, -0.25) is 0 Å². The van der Waals surface area contributed by atoms with Crippen LogP contribution in [0.2, 0.25) is 0 Å². The Morgan fingerprint density at radius 2 is 1.89 bits per heavy atom. The monoisotopic (exact) mass is 454 g/mol. The number of amides is 2. The molecule has 1 unspecified atom stereocenters. The summed E-state index contributed by atoms with van der Waals surface area (Å²) in [7, 11) is 0. The Kier molecular flexibility index (Phi) is 7.74. The molecule has 1 aromatic rings. The van der Waals surface area contributed by atoms with Gasteiger partial charge in [0.15, 0.2) is 11.5 Å². The lowest BCUT2D eigenvalue weighted by Crippen LogP contribution is -2.45. The molecule has 0 fully saturated rings. The molecule has 1 aliphatic heterocycles. The van der Waals surface area contributed by atoms with Crippen molar-refractivity contribution >= 4 is 27.9 Å². The summed E-state index contributed by atoms with van der Waals surface area (Å²) in [5.41, 5.74) is 1.51. The molecule has 0 bridgehead atoms. The van der Waals surface area contributed by atoms with E-state index in [0.29, 0.717) is 52.6 Å². The zero-order valence-electron chi connectivity index (χ0n) is 16.8. The molecule has 0 spiro atoms. The molecule has 28 heavy (non-hydrogen) atoms. The lowest BCUT2D eigenvalue weighted by Gasteiger charge is -2.29. The molecule has 0 radical (unpaired) electrons. The highest BCUT2D eigenvalue weighted by atomic mass is 79.9. The summed E-state index contributed by atoms with van der Waals surface area (Å²) < 4.78 is 17.5. The number of urea groups is 1. The number of hydrogen-bond acceptors (Lipinski definition) is 5. The number of hydrogen-bond donors (Lipinski definition) is 2. The second-order valence-corrected chi connectivity index (χ2v) is 7.61. The van der Waals surface area contributed by atoms with Crippen LogP contribution in [0.3, 0.4) is 0 Å². The molecule has 8 heteroatoms. The van der Waals surface area contributed by atoms with Gasteiger partial charge in [-0.05, 0) is 60.3 Å². The van der Waals surface area contributed by atoms with E-state index < -0.39 is 12.0 Å². The Balaban J connectivity index is 2.48. The number of nitrogens with one attached hydrogen (secondary N) is 2. The first-order chi connectivity index (χ1) is 13.3. The average molecular weight is 455 g/mol. The van der Waals surface area contributed by atoms with Gasteiger partial charge in [0.2, 0.25) is 0 Å². The van der Waals surface area contributed by atoms with Gasteiger partial charge in [-0.25, -0.2) is 9.59 Å². The van der Waals surface area contributed by atoms with Crippen LogP contribution in [0.1, 0.15) is 46.2 Å². The molecule has 0 saturated heterocycles. The highest BCUT2D eigenvalue weighted by Crippen LogP contribution is 2.40. The highest BCUT2D eigenvalue weighted by Gasteiger charge is 2.33. The summed E-state index contributed by atoms with van der Waals surface area (Å²) in [5.74, 6) is 0.859. The van der Waals surface area contributed by atoms with Gasteiger partial charge in [-0.15, -0.1) is 0 Å². The van der Waals surface area contributed by atoms with E-state index in [-0.39, 0.29) is 11.9 Å². The molecule has 1 aromatic carbocycles. The Bertz CT molecular complexity index is 776. The Hall–Kier alpha value is -2.22. The predicted octanol–water partition coefficient (Wildman–Crippen LogP) is 4.07. The Labute approximate surface area is 173 Å². The van der Waals surface area contributed by atoms with Gasteiger partial charge in [-0.2, -0.15) is 0 Å². The van der Waals surface area contributed by atoms with Gasteiger partial charge in [0, 0.05) is 5.70 Å². The third-order valence-corrected chi connectivity index (χ3v) is 4.58. The Morgan fingerprint density at radius 3 is 2.50 bits per heavy atom. The second-order valence-electron chi connectivity index (χ2n) is 6.76. The SMILES string of the molecule is CCOc1cc(C2NC(=O)NC(C)=C2C(=O)OCC(C)C)cc(Br)c1OCC. The smallest absolute Gasteiger partial charge is 0.338 e. The number of halogens is 1. The summed E-state index contributed by atoms with van der Waals surface area (Å²) in [5, 5.41) is 5.45. The van der Waals surface area contributed by atoms with Crippen LogP contribution in [0.25, 0.3) is 0 Å². The van der Waals surface area contributed by atoms with E-state index in [4.69, 9.17) is 14.2 Å². The van der Waals surface area contributed by atoms with Crippen molar-refractivity contribution < 1.29 is 23.8 Å². The summed E-state index contributed by atoms with van der Waals surface area (Å²) in [6.07, 6.45) is 0. The van der Waals surface area contributed by atoms with E-state index in [0.717, 1.165) is 0 Å². The van der Waals surface area contributed by atoms with E-state index in [2.05, 4.69) is 26.6 Å². The van der Waals surface area contributed by atoms with Crippen molar-refractivity contribution in [3.8, 4) is 11.5 Å². The third-order valence-electron chi connectivity index (χ3n) is 3.99. The molecular weight excluding hydrogens is 428 g/mol. The minimum absolute atomic E-state index is 0.207. The first-order valence-corrected chi connectivity index (χ1v) is 10.1. The maximum absolute atomic E-state index is 12.7. The van der Waals surface area contributed by atoms with E-state index in [9.17, 15) is 9.59 Å². The van der Waals surface area contributed by atoms with Crippen LogP contribution >= 0.6 is 15.9 Å². The van der Waals surface area contributed by atoms with Gasteiger partial charge in [0.05, 0.1) is 35.9 Å². The number of rotatable bonds is 8. The molecule has 0 saturated carbocycles. The molecule has 0 aromatic heterocycles.